The summed E-state index contributed by atoms with van der Waals surface area (Å²) >= 11 is 0. The Bertz CT molecular complexity index is 526. The van der Waals surface area contributed by atoms with Gasteiger partial charge >= 0.3 is 0 Å². The minimum Gasteiger partial charge on any atom is -0.329 e. The van der Waals surface area contributed by atoms with Crippen LogP contribution in [0.3, 0.4) is 0 Å². The monoisotopic (exact) mass is 229 g/mol. The van der Waals surface area contributed by atoms with Gasteiger partial charge in [0.05, 0.1) is 17.9 Å². The summed E-state index contributed by atoms with van der Waals surface area (Å²) in [4.78, 5) is 0. The van der Waals surface area contributed by atoms with Gasteiger partial charge in [0, 0.05) is 12.1 Å². The van der Waals surface area contributed by atoms with Crippen molar-refractivity contribution in [2.24, 2.45) is 5.73 Å². The standard InChI is InChI=1S/C14H19N3/c1-10-4-5-11(2)13(8-10)14-9-12(3)16-17(14)7-6-15/h4-5,8-9H,6-7,15H2,1-3H3. The van der Waals surface area contributed by atoms with Crippen molar-refractivity contribution in [1.82, 2.24) is 9.78 Å². The molecule has 3 heteroatoms. The number of nitrogens with two attached hydrogens (primary N) is 1. The highest BCUT2D eigenvalue weighted by Gasteiger charge is 2.09. The van der Waals surface area contributed by atoms with Crippen molar-refractivity contribution in [3.05, 3.63) is 41.1 Å². The van der Waals surface area contributed by atoms with Gasteiger partial charge in [0.25, 0.3) is 0 Å². The van der Waals surface area contributed by atoms with E-state index in [1.54, 1.807) is 0 Å². The van der Waals surface area contributed by atoms with Crippen LogP contribution in [0, 0.1) is 20.8 Å². The van der Waals surface area contributed by atoms with Crippen LogP contribution in [-0.4, -0.2) is 16.3 Å². The van der Waals surface area contributed by atoms with Crippen LogP contribution >= 0.6 is 0 Å². The maximum absolute atomic E-state index is 5.62. The van der Waals surface area contributed by atoms with E-state index >= 15 is 0 Å². The first-order chi connectivity index (χ1) is 8.11. The van der Waals surface area contributed by atoms with E-state index in [1.807, 2.05) is 11.6 Å². The van der Waals surface area contributed by atoms with Crippen molar-refractivity contribution < 1.29 is 0 Å². The van der Waals surface area contributed by atoms with E-state index in [0.29, 0.717) is 6.54 Å². The molecule has 0 atom stereocenters. The van der Waals surface area contributed by atoms with E-state index in [2.05, 4.69) is 43.2 Å². The van der Waals surface area contributed by atoms with Crippen LogP contribution in [0.25, 0.3) is 11.3 Å². The average Bonchev–Trinajstić information content (AvgIpc) is 2.64. The predicted octanol–water partition coefficient (Wildman–Crippen LogP) is 2.43. The lowest BCUT2D eigenvalue weighted by Crippen LogP contribution is -2.12. The van der Waals surface area contributed by atoms with E-state index in [9.17, 15) is 0 Å². The summed E-state index contributed by atoms with van der Waals surface area (Å²) in [6, 6.07) is 8.62. The molecule has 0 aliphatic rings. The molecule has 2 N–H and O–H groups in total. The van der Waals surface area contributed by atoms with E-state index in [1.165, 1.54) is 16.7 Å². The minimum atomic E-state index is 0.610. The summed E-state index contributed by atoms with van der Waals surface area (Å²) < 4.78 is 2.00. The van der Waals surface area contributed by atoms with Crippen LogP contribution in [0.1, 0.15) is 16.8 Å². The van der Waals surface area contributed by atoms with E-state index in [-0.39, 0.29) is 0 Å². The molecule has 3 nitrogen and oxygen atoms in total. The third kappa shape index (κ3) is 2.39. The topological polar surface area (TPSA) is 43.8 Å². The first kappa shape index (κ1) is 11.9. The number of benzene rings is 1. The molecule has 0 unspecified atom stereocenters. The fraction of sp³-hybridized carbons (Fsp3) is 0.357. The summed E-state index contributed by atoms with van der Waals surface area (Å²) in [7, 11) is 0. The third-order valence-corrected chi connectivity index (χ3v) is 2.91. The summed E-state index contributed by atoms with van der Waals surface area (Å²) in [6.07, 6.45) is 0. The zero-order valence-electron chi connectivity index (χ0n) is 10.7. The zero-order valence-corrected chi connectivity index (χ0v) is 10.7. The lowest BCUT2D eigenvalue weighted by atomic mass is 10.0. The van der Waals surface area contributed by atoms with Gasteiger partial charge in [-0.1, -0.05) is 17.7 Å². The number of hydrogen-bond acceptors (Lipinski definition) is 2. The molecule has 2 aromatic rings. The molecule has 0 spiro atoms. The Morgan fingerprint density at radius 3 is 2.65 bits per heavy atom. The van der Waals surface area contributed by atoms with Crippen LogP contribution in [0.15, 0.2) is 24.3 Å². The Morgan fingerprint density at radius 2 is 1.94 bits per heavy atom. The molecule has 1 aromatic heterocycles. The highest BCUT2D eigenvalue weighted by atomic mass is 15.3. The predicted molar refractivity (Wildman–Crippen MR) is 70.9 cm³/mol. The molecule has 17 heavy (non-hydrogen) atoms. The van der Waals surface area contributed by atoms with Gasteiger partial charge in [0.1, 0.15) is 0 Å². The fourth-order valence-electron chi connectivity index (χ4n) is 2.07. The lowest BCUT2D eigenvalue weighted by molar-refractivity contribution is 0.626. The van der Waals surface area contributed by atoms with E-state index in [0.717, 1.165) is 17.9 Å². The van der Waals surface area contributed by atoms with Gasteiger partial charge in [-0.15, -0.1) is 0 Å². The van der Waals surface area contributed by atoms with Gasteiger partial charge in [-0.3, -0.25) is 4.68 Å². The van der Waals surface area contributed by atoms with Crippen molar-refractivity contribution in [1.29, 1.82) is 0 Å². The molecule has 0 saturated heterocycles. The number of aromatic nitrogens is 2. The number of aryl methyl sites for hydroxylation is 3. The second-order valence-corrected chi connectivity index (χ2v) is 4.50. The molecule has 0 bridgehead atoms. The Kier molecular flexibility index (Phi) is 3.29. The van der Waals surface area contributed by atoms with E-state index in [4.69, 9.17) is 5.73 Å². The van der Waals surface area contributed by atoms with Crippen LogP contribution in [0.5, 0.6) is 0 Å². The molecular formula is C14H19N3. The SMILES string of the molecule is Cc1ccc(C)c(-c2cc(C)nn2CCN)c1. The van der Waals surface area contributed by atoms with Crippen LogP contribution in [0.2, 0.25) is 0 Å². The van der Waals surface area contributed by atoms with Gasteiger partial charge in [0.2, 0.25) is 0 Å². The van der Waals surface area contributed by atoms with Crippen molar-refractivity contribution in [3.8, 4) is 11.3 Å². The highest BCUT2D eigenvalue weighted by molar-refractivity contribution is 5.65. The van der Waals surface area contributed by atoms with Gasteiger partial charge in [-0.25, -0.2) is 0 Å². The summed E-state index contributed by atoms with van der Waals surface area (Å²) in [5.41, 5.74) is 11.6. The van der Waals surface area contributed by atoms with Crippen LogP contribution in [-0.2, 0) is 6.54 Å². The number of rotatable bonds is 3. The van der Waals surface area contributed by atoms with Gasteiger partial charge in [-0.2, -0.15) is 5.10 Å². The Labute approximate surface area is 102 Å². The molecule has 1 aromatic carbocycles. The van der Waals surface area contributed by atoms with Gasteiger partial charge < -0.3 is 5.73 Å². The highest BCUT2D eigenvalue weighted by Crippen LogP contribution is 2.25. The summed E-state index contributed by atoms with van der Waals surface area (Å²) in [6.45, 7) is 7.63. The zero-order chi connectivity index (χ0) is 12.4. The van der Waals surface area contributed by atoms with Crippen molar-refractivity contribution in [3.63, 3.8) is 0 Å². The maximum Gasteiger partial charge on any atom is 0.0688 e. The molecular weight excluding hydrogens is 210 g/mol. The molecule has 2 rings (SSSR count). The first-order valence-corrected chi connectivity index (χ1v) is 5.94. The smallest absolute Gasteiger partial charge is 0.0688 e. The van der Waals surface area contributed by atoms with Crippen molar-refractivity contribution >= 4 is 0 Å². The quantitative estimate of drug-likeness (QED) is 0.878. The summed E-state index contributed by atoms with van der Waals surface area (Å²) in [5, 5.41) is 4.48. The molecule has 0 aliphatic heterocycles. The molecule has 0 amide bonds. The third-order valence-electron chi connectivity index (χ3n) is 2.91. The maximum atomic E-state index is 5.62. The largest absolute Gasteiger partial charge is 0.329 e. The van der Waals surface area contributed by atoms with Crippen molar-refractivity contribution in [2.45, 2.75) is 27.3 Å². The van der Waals surface area contributed by atoms with Crippen LogP contribution in [0.4, 0.5) is 0 Å². The van der Waals surface area contributed by atoms with Crippen molar-refractivity contribution in [2.75, 3.05) is 6.54 Å². The number of nitrogens with zero attached hydrogens (tertiary/aromatic N) is 2. The second kappa shape index (κ2) is 4.72. The molecule has 0 saturated carbocycles. The molecule has 0 fully saturated rings. The normalized spacial score (nSPS) is 10.8. The fourth-order valence-corrected chi connectivity index (χ4v) is 2.07. The average molecular weight is 229 g/mol. The Morgan fingerprint density at radius 1 is 1.18 bits per heavy atom. The Hall–Kier alpha value is -1.61. The minimum absolute atomic E-state index is 0.610. The molecule has 0 radical (unpaired) electrons. The molecule has 1 heterocycles. The van der Waals surface area contributed by atoms with Gasteiger partial charge in [-0.05, 0) is 38.5 Å². The first-order valence-electron chi connectivity index (χ1n) is 5.94. The Balaban J connectivity index is 2.55. The number of hydrogen-bond donors (Lipinski definition) is 1. The second-order valence-electron chi connectivity index (χ2n) is 4.50. The summed E-state index contributed by atoms with van der Waals surface area (Å²) in [5.74, 6) is 0. The molecule has 0 aliphatic carbocycles. The van der Waals surface area contributed by atoms with Crippen LogP contribution < -0.4 is 5.73 Å². The molecule has 90 valence electrons. The lowest BCUT2D eigenvalue weighted by Gasteiger charge is -2.09. The van der Waals surface area contributed by atoms with Gasteiger partial charge in [0.15, 0.2) is 0 Å². The van der Waals surface area contributed by atoms with E-state index < -0.39 is 0 Å².